The molecule has 0 aromatic heterocycles. The van der Waals surface area contributed by atoms with Gasteiger partial charge < -0.3 is 20.3 Å². The Morgan fingerprint density at radius 3 is 1.27 bits per heavy atom. The van der Waals surface area contributed by atoms with Crippen LogP contribution in [0.5, 0.6) is 0 Å². The highest BCUT2D eigenvalue weighted by Crippen LogP contribution is 2.16. The van der Waals surface area contributed by atoms with E-state index in [2.05, 4.69) is 55.6 Å². The molecule has 0 fully saturated rings. The van der Waals surface area contributed by atoms with E-state index in [0.717, 1.165) is 70.6 Å². The van der Waals surface area contributed by atoms with Crippen LogP contribution in [0.3, 0.4) is 0 Å². The first-order chi connectivity index (χ1) is 31.0. The molecule has 3 N–H and O–H groups in total. The summed E-state index contributed by atoms with van der Waals surface area (Å²) in [6.07, 6.45) is 64.1. The topological polar surface area (TPSA) is 95.9 Å². The average Bonchev–Trinajstić information content (AvgIpc) is 3.28. The largest absolute Gasteiger partial charge is 0.466 e. The minimum atomic E-state index is -0.671. The number of allylic oxidation sites excluding steroid dienone is 6. The Kier molecular flexibility index (Phi) is 51.1. The molecule has 6 nitrogen and oxygen atoms in total. The molecular formula is C57H107NO5. The number of rotatable bonds is 51. The molecule has 0 aromatic carbocycles. The third-order valence-corrected chi connectivity index (χ3v) is 12.7. The van der Waals surface area contributed by atoms with E-state index in [1.165, 1.54) is 186 Å². The molecular weight excluding hydrogens is 779 g/mol. The van der Waals surface area contributed by atoms with Gasteiger partial charge in [0.2, 0.25) is 5.91 Å². The second-order valence-corrected chi connectivity index (χ2v) is 18.9. The predicted molar refractivity (Wildman–Crippen MR) is 273 cm³/mol. The number of nitrogens with one attached hydrogen (secondary N) is 1. The highest BCUT2D eigenvalue weighted by atomic mass is 16.5. The maximum absolute atomic E-state index is 12.5. The number of carbonyl (C=O) groups is 2. The molecule has 0 aliphatic carbocycles. The van der Waals surface area contributed by atoms with Crippen LogP contribution >= 0.6 is 0 Å². The molecule has 1 amide bonds. The molecule has 0 rings (SSSR count). The lowest BCUT2D eigenvalue weighted by atomic mass is 10.0. The van der Waals surface area contributed by atoms with Gasteiger partial charge in [-0.3, -0.25) is 9.59 Å². The van der Waals surface area contributed by atoms with Crippen molar-refractivity contribution in [3.63, 3.8) is 0 Å². The number of aliphatic hydroxyl groups excluding tert-OH is 2. The van der Waals surface area contributed by atoms with Crippen molar-refractivity contribution in [1.82, 2.24) is 5.32 Å². The van der Waals surface area contributed by atoms with Gasteiger partial charge in [-0.15, -0.1) is 0 Å². The molecule has 63 heavy (non-hydrogen) atoms. The van der Waals surface area contributed by atoms with E-state index in [-0.39, 0.29) is 18.5 Å². The van der Waals surface area contributed by atoms with Crippen molar-refractivity contribution in [2.24, 2.45) is 0 Å². The molecule has 6 heteroatoms. The first-order valence-electron chi connectivity index (χ1n) is 27.8. The van der Waals surface area contributed by atoms with Crippen molar-refractivity contribution >= 4 is 11.9 Å². The van der Waals surface area contributed by atoms with E-state index in [0.29, 0.717) is 25.9 Å². The van der Waals surface area contributed by atoms with Gasteiger partial charge in [-0.25, -0.2) is 0 Å². The second kappa shape index (κ2) is 52.7. The summed E-state index contributed by atoms with van der Waals surface area (Å²) >= 11 is 0. The minimum Gasteiger partial charge on any atom is -0.466 e. The Morgan fingerprint density at radius 1 is 0.444 bits per heavy atom. The van der Waals surface area contributed by atoms with Crippen LogP contribution in [0.2, 0.25) is 0 Å². The zero-order valence-corrected chi connectivity index (χ0v) is 42.1. The number of hydrogen-bond donors (Lipinski definition) is 3. The quantitative estimate of drug-likeness (QED) is 0.0245. The second-order valence-electron chi connectivity index (χ2n) is 18.9. The van der Waals surface area contributed by atoms with Crippen molar-refractivity contribution < 1.29 is 24.5 Å². The van der Waals surface area contributed by atoms with Crippen molar-refractivity contribution in [3.05, 3.63) is 36.5 Å². The van der Waals surface area contributed by atoms with Crippen LogP contribution in [0.15, 0.2) is 36.5 Å². The summed E-state index contributed by atoms with van der Waals surface area (Å²) < 4.78 is 5.42. The molecule has 2 atom stereocenters. The molecule has 0 spiro atoms. The molecule has 2 unspecified atom stereocenters. The summed E-state index contributed by atoms with van der Waals surface area (Å²) in [5, 5.41) is 23.3. The standard InChI is InChI=1S/C57H107NO5/c1-3-5-7-9-11-13-15-16-17-23-26-30-33-37-41-45-49-55(60)54(53-59)58-56(61)50-46-42-38-34-31-27-24-21-19-18-20-22-25-28-32-36-40-44-48-52-63-57(62)51-47-43-39-35-29-14-12-10-8-6-4-2/h10,12,22,25,28,32,54-55,59-60H,3-9,11,13-21,23-24,26-27,29-31,33-53H2,1-2H3,(H,58,61)/b12-10-,25-22-,32-28-. The molecule has 0 aliphatic rings. The summed E-state index contributed by atoms with van der Waals surface area (Å²) in [5.41, 5.74) is 0. The number of ether oxygens (including phenoxy) is 1. The predicted octanol–water partition coefficient (Wildman–Crippen LogP) is 16.9. The highest BCUT2D eigenvalue weighted by Gasteiger charge is 2.20. The number of amides is 1. The number of hydrogen-bond acceptors (Lipinski definition) is 5. The zero-order chi connectivity index (χ0) is 45.8. The van der Waals surface area contributed by atoms with Crippen LogP contribution in [0.25, 0.3) is 0 Å². The van der Waals surface area contributed by atoms with Crippen molar-refractivity contribution in [3.8, 4) is 0 Å². The Hall–Kier alpha value is -1.92. The Morgan fingerprint density at radius 2 is 0.810 bits per heavy atom. The Labute approximate surface area is 392 Å². The maximum atomic E-state index is 12.5. The molecule has 0 heterocycles. The first kappa shape index (κ1) is 61.1. The van der Waals surface area contributed by atoms with Gasteiger partial charge in [0.25, 0.3) is 0 Å². The van der Waals surface area contributed by atoms with E-state index in [9.17, 15) is 19.8 Å². The van der Waals surface area contributed by atoms with Crippen LogP contribution in [-0.4, -0.2) is 47.4 Å². The Balaban J connectivity index is 3.49. The van der Waals surface area contributed by atoms with E-state index in [1.807, 2.05) is 0 Å². The van der Waals surface area contributed by atoms with Gasteiger partial charge in [-0.1, -0.05) is 237 Å². The summed E-state index contributed by atoms with van der Waals surface area (Å²) in [6, 6.07) is -0.549. The molecule has 370 valence electrons. The number of aliphatic hydroxyl groups is 2. The van der Waals surface area contributed by atoms with Crippen molar-refractivity contribution in [2.75, 3.05) is 13.2 Å². The smallest absolute Gasteiger partial charge is 0.305 e. The fourth-order valence-corrected chi connectivity index (χ4v) is 8.38. The lowest BCUT2D eigenvalue weighted by Crippen LogP contribution is -2.45. The van der Waals surface area contributed by atoms with Crippen LogP contribution in [0.1, 0.15) is 290 Å². The summed E-state index contributed by atoms with van der Waals surface area (Å²) in [7, 11) is 0. The third-order valence-electron chi connectivity index (χ3n) is 12.7. The molecule has 0 saturated heterocycles. The van der Waals surface area contributed by atoms with Gasteiger partial charge in [-0.05, 0) is 77.0 Å². The molecule has 0 radical (unpaired) electrons. The average molecular weight is 886 g/mol. The van der Waals surface area contributed by atoms with Gasteiger partial charge in [0.1, 0.15) is 0 Å². The lowest BCUT2D eigenvalue weighted by molar-refractivity contribution is -0.143. The first-order valence-corrected chi connectivity index (χ1v) is 27.8. The summed E-state index contributed by atoms with van der Waals surface area (Å²) in [5.74, 6) is -0.0690. The fraction of sp³-hybridized carbons (Fsp3) is 0.860. The van der Waals surface area contributed by atoms with Crippen molar-refractivity contribution in [1.29, 1.82) is 0 Å². The van der Waals surface area contributed by atoms with E-state index in [4.69, 9.17) is 4.74 Å². The lowest BCUT2D eigenvalue weighted by Gasteiger charge is -2.22. The minimum absolute atomic E-state index is 0.0247. The molecule has 0 bridgehead atoms. The number of esters is 1. The maximum Gasteiger partial charge on any atom is 0.305 e. The van der Waals surface area contributed by atoms with E-state index >= 15 is 0 Å². The van der Waals surface area contributed by atoms with Crippen LogP contribution in [-0.2, 0) is 14.3 Å². The van der Waals surface area contributed by atoms with E-state index in [1.54, 1.807) is 0 Å². The van der Waals surface area contributed by atoms with Crippen LogP contribution in [0.4, 0.5) is 0 Å². The number of carbonyl (C=O) groups excluding carboxylic acids is 2. The van der Waals surface area contributed by atoms with Gasteiger partial charge >= 0.3 is 5.97 Å². The van der Waals surface area contributed by atoms with Gasteiger partial charge in [0.05, 0.1) is 25.4 Å². The van der Waals surface area contributed by atoms with Crippen LogP contribution < -0.4 is 5.32 Å². The molecule has 0 aliphatic heterocycles. The third kappa shape index (κ3) is 49.4. The molecule has 0 saturated carbocycles. The van der Waals surface area contributed by atoms with Gasteiger partial charge in [-0.2, -0.15) is 0 Å². The fourth-order valence-electron chi connectivity index (χ4n) is 8.38. The Bertz CT molecular complexity index is 1020. The summed E-state index contributed by atoms with van der Waals surface area (Å²) in [6.45, 7) is 4.87. The van der Waals surface area contributed by atoms with Gasteiger partial charge in [0.15, 0.2) is 0 Å². The van der Waals surface area contributed by atoms with Crippen LogP contribution in [0, 0.1) is 0 Å². The molecule has 0 aromatic rings. The highest BCUT2D eigenvalue weighted by molar-refractivity contribution is 5.76. The van der Waals surface area contributed by atoms with Gasteiger partial charge in [0, 0.05) is 12.8 Å². The number of unbranched alkanes of at least 4 members (excludes halogenated alkanes) is 35. The monoisotopic (exact) mass is 886 g/mol. The van der Waals surface area contributed by atoms with E-state index < -0.39 is 12.1 Å². The van der Waals surface area contributed by atoms with Crippen molar-refractivity contribution in [2.45, 2.75) is 302 Å². The SMILES string of the molecule is CCCC/C=C\CCCCCCCC(=O)OCCCCC/C=C\C=C/CCCCCCCCCCCCC(=O)NC(CO)C(O)CCCCCCCCCCCCCCCCCC. The summed E-state index contributed by atoms with van der Waals surface area (Å²) in [4.78, 5) is 24.4. The zero-order valence-electron chi connectivity index (χ0n) is 42.1. The normalized spacial score (nSPS) is 12.9.